The molecule has 110 valence electrons. The third-order valence-electron chi connectivity index (χ3n) is 3.32. The summed E-state index contributed by atoms with van der Waals surface area (Å²) < 4.78 is 38.4. The molecule has 20 heavy (non-hydrogen) atoms. The number of benzene rings is 1. The van der Waals surface area contributed by atoms with E-state index >= 15 is 0 Å². The minimum Gasteiger partial charge on any atom is -0.398 e. The Hall–Kier alpha value is -1.72. The van der Waals surface area contributed by atoms with Crippen LogP contribution in [0.5, 0.6) is 0 Å². The zero-order chi connectivity index (χ0) is 14.9. The van der Waals surface area contributed by atoms with E-state index in [1.165, 1.54) is 6.07 Å². The third kappa shape index (κ3) is 3.05. The normalized spacial score (nSPS) is 15.2. The van der Waals surface area contributed by atoms with Gasteiger partial charge in [-0.05, 0) is 37.5 Å². The van der Waals surface area contributed by atoms with Gasteiger partial charge in [0.1, 0.15) is 0 Å². The van der Waals surface area contributed by atoms with Gasteiger partial charge in [-0.3, -0.25) is 4.79 Å². The van der Waals surface area contributed by atoms with Gasteiger partial charge in [-0.25, -0.2) is 0 Å². The molecule has 0 spiro atoms. The lowest BCUT2D eigenvalue weighted by atomic mass is 10.1. The molecule has 1 aromatic rings. The Kier molecular flexibility index (Phi) is 3.92. The maximum atomic E-state index is 12.8. The van der Waals surface area contributed by atoms with Crippen molar-refractivity contribution in [3.8, 4) is 0 Å². The van der Waals surface area contributed by atoms with Gasteiger partial charge in [-0.1, -0.05) is 6.92 Å². The van der Waals surface area contributed by atoms with E-state index in [1.807, 2.05) is 6.92 Å². The Morgan fingerprint density at radius 3 is 2.55 bits per heavy atom. The fraction of sp³-hybridized carbons (Fsp3) is 0.500. The summed E-state index contributed by atoms with van der Waals surface area (Å²) in [5.74, 6) is -0.347. The van der Waals surface area contributed by atoms with Gasteiger partial charge in [0.25, 0.3) is 5.91 Å². The van der Waals surface area contributed by atoms with Crippen LogP contribution >= 0.6 is 0 Å². The number of rotatable bonds is 4. The number of hydrogen-bond acceptors (Lipinski definition) is 2. The van der Waals surface area contributed by atoms with Gasteiger partial charge in [0.2, 0.25) is 0 Å². The largest absolute Gasteiger partial charge is 0.418 e. The van der Waals surface area contributed by atoms with E-state index in [9.17, 15) is 18.0 Å². The Morgan fingerprint density at radius 1 is 1.40 bits per heavy atom. The first-order valence-corrected chi connectivity index (χ1v) is 6.62. The van der Waals surface area contributed by atoms with Crippen molar-refractivity contribution in [1.82, 2.24) is 4.90 Å². The number of anilines is 1. The summed E-state index contributed by atoms with van der Waals surface area (Å²) in [6.07, 6.45) is -1.92. The second kappa shape index (κ2) is 5.34. The zero-order valence-corrected chi connectivity index (χ0v) is 11.2. The summed E-state index contributed by atoms with van der Waals surface area (Å²) in [7, 11) is 0. The summed E-state index contributed by atoms with van der Waals surface area (Å²) >= 11 is 0. The minimum atomic E-state index is -4.55. The van der Waals surface area contributed by atoms with E-state index in [2.05, 4.69) is 0 Å². The Labute approximate surface area is 115 Å². The lowest BCUT2D eigenvalue weighted by Gasteiger charge is -2.22. The fourth-order valence-electron chi connectivity index (χ4n) is 2.18. The number of carbonyl (C=O) groups is 1. The van der Waals surface area contributed by atoms with Crippen LogP contribution in [-0.2, 0) is 6.18 Å². The Morgan fingerprint density at radius 2 is 2.05 bits per heavy atom. The molecule has 1 saturated carbocycles. The molecule has 0 heterocycles. The number of alkyl halides is 3. The molecule has 0 aromatic heterocycles. The third-order valence-corrected chi connectivity index (χ3v) is 3.32. The average Bonchev–Trinajstić information content (AvgIpc) is 3.18. The van der Waals surface area contributed by atoms with Crippen LogP contribution in [0.15, 0.2) is 18.2 Å². The molecule has 1 aliphatic rings. The summed E-state index contributed by atoms with van der Waals surface area (Å²) in [5.41, 5.74) is 4.08. The van der Waals surface area contributed by atoms with Crippen molar-refractivity contribution in [3.63, 3.8) is 0 Å². The molecule has 1 aliphatic carbocycles. The van der Waals surface area contributed by atoms with Gasteiger partial charge in [0.15, 0.2) is 0 Å². The molecule has 0 unspecified atom stereocenters. The van der Waals surface area contributed by atoms with Crippen molar-refractivity contribution in [3.05, 3.63) is 29.3 Å². The fourth-order valence-corrected chi connectivity index (χ4v) is 2.18. The number of halogens is 3. The van der Waals surface area contributed by atoms with Gasteiger partial charge in [-0.15, -0.1) is 0 Å². The summed E-state index contributed by atoms with van der Waals surface area (Å²) in [4.78, 5) is 14.0. The number of hydrogen-bond donors (Lipinski definition) is 1. The predicted octanol–water partition coefficient (Wildman–Crippen LogP) is 3.30. The first-order valence-electron chi connectivity index (χ1n) is 6.62. The molecule has 1 amide bonds. The molecule has 0 atom stereocenters. The highest BCUT2D eigenvalue weighted by Gasteiger charge is 2.36. The highest BCUT2D eigenvalue weighted by Crippen LogP contribution is 2.35. The maximum Gasteiger partial charge on any atom is 0.418 e. The molecule has 3 nitrogen and oxygen atoms in total. The van der Waals surface area contributed by atoms with Gasteiger partial charge in [-0.2, -0.15) is 13.2 Å². The number of nitrogen functional groups attached to an aromatic ring is 1. The predicted molar refractivity (Wildman–Crippen MR) is 70.2 cm³/mol. The molecule has 1 fully saturated rings. The average molecular weight is 286 g/mol. The molecular weight excluding hydrogens is 269 g/mol. The van der Waals surface area contributed by atoms with Gasteiger partial charge < -0.3 is 10.6 Å². The number of amides is 1. The van der Waals surface area contributed by atoms with E-state index in [-0.39, 0.29) is 23.2 Å². The quantitative estimate of drug-likeness (QED) is 0.863. The van der Waals surface area contributed by atoms with E-state index in [4.69, 9.17) is 5.73 Å². The van der Waals surface area contributed by atoms with E-state index in [0.717, 1.165) is 31.4 Å². The standard InChI is InChI=1S/C14H17F3N2O/c1-2-7-19(10-4-5-10)13(20)9-3-6-12(18)11(8-9)14(15,16)17/h3,6,8,10H,2,4-5,7,18H2,1H3. The van der Waals surface area contributed by atoms with Crippen LogP contribution in [-0.4, -0.2) is 23.4 Å². The highest BCUT2D eigenvalue weighted by molar-refractivity contribution is 5.95. The van der Waals surface area contributed by atoms with Crippen LogP contribution in [0.25, 0.3) is 0 Å². The van der Waals surface area contributed by atoms with E-state index < -0.39 is 11.7 Å². The first kappa shape index (κ1) is 14.7. The molecule has 0 radical (unpaired) electrons. The number of nitrogens with two attached hydrogens (primary N) is 1. The molecule has 0 bridgehead atoms. The summed E-state index contributed by atoms with van der Waals surface area (Å²) in [6, 6.07) is 3.53. The monoisotopic (exact) mass is 286 g/mol. The van der Waals surface area contributed by atoms with Gasteiger partial charge in [0, 0.05) is 23.8 Å². The van der Waals surface area contributed by atoms with Crippen molar-refractivity contribution < 1.29 is 18.0 Å². The first-order chi connectivity index (χ1) is 9.34. The topological polar surface area (TPSA) is 46.3 Å². The van der Waals surface area contributed by atoms with Crippen LogP contribution in [0.4, 0.5) is 18.9 Å². The Balaban J connectivity index is 2.30. The molecule has 6 heteroatoms. The highest BCUT2D eigenvalue weighted by atomic mass is 19.4. The summed E-state index contributed by atoms with van der Waals surface area (Å²) in [5, 5.41) is 0. The molecule has 2 rings (SSSR count). The van der Waals surface area contributed by atoms with Crippen molar-refractivity contribution in [2.75, 3.05) is 12.3 Å². The summed E-state index contributed by atoms with van der Waals surface area (Å²) in [6.45, 7) is 2.50. The van der Waals surface area contributed by atoms with E-state index in [0.29, 0.717) is 6.54 Å². The maximum absolute atomic E-state index is 12.8. The Bertz CT molecular complexity index is 510. The lowest BCUT2D eigenvalue weighted by molar-refractivity contribution is -0.136. The number of nitrogens with zero attached hydrogens (tertiary/aromatic N) is 1. The zero-order valence-electron chi connectivity index (χ0n) is 11.2. The molecule has 2 N–H and O–H groups in total. The van der Waals surface area contributed by atoms with E-state index in [1.54, 1.807) is 4.90 Å². The van der Waals surface area contributed by atoms with Crippen LogP contribution in [0.2, 0.25) is 0 Å². The van der Waals surface area contributed by atoms with Crippen molar-refractivity contribution in [2.24, 2.45) is 0 Å². The molecule has 0 saturated heterocycles. The lowest BCUT2D eigenvalue weighted by Crippen LogP contribution is -2.34. The smallest absolute Gasteiger partial charge is 0.398 e. The van der Waals surface area contributed by atoms with Crippen LogP contribution in [0, 0.1) is 0 Å². The van der Waals surface area contributed by atoms with Crippen molar-refractivity contribution >= 4 is 11.6 Å². The number of carbonyl (C=O) groups excluding carboxylic acids is 1. The molecule has 0 aliphatic heterocycles. The van der Waals surface area contributed by atoms with Gasteiger partial charge in [0.05, 0.1) is 5.56 Å². The molecular formula is C14H17F3N2O. The second-order valence-electron chi connectivity index (χ2n) is 5.03. The van der Waals surface area contributed by atoms with Crippen LogP contribution < -0.4 is 5.73 Å². The van der Waals surface area contributed by atoms with Crippen LogP contribution in [0.1, 0.15) is 42.1 Å². The van der Waals surface area contributed by atoms with Gasteiger partial charge >= 0.3 is 6.18 Å². The second-order valence-corrected chi connectivity index (χ2v) is 5.03. The minimum absolute atomic E-state index is 0.0480. The van der Waals surface area contributed by atoms with Crippen molar-refractivity contribution in [2.45, 2.75) is 38.4 Å². The SMILES string of the molecule is CCCN(C(=O)c1ccc(N)c(C(F)(F)F)c1)C1CC1. The van der Waals surface area contributed by atoms with Crippen molar-refractivity contribution in [1.29, 1.82) is 0 Å². The van der Waals surface area contributed by atoms with Crippen LogP contribution in [0.3, 0.4) is 0 Å². The molecule has 1 aromatic carbocycles.